The summed E-state index contributed by atoms with van der Waals surface area (Å²) in [6, 6.07) is -0.901. The quantitative estimate of drug-likeness (QED) is 0.0272. The maximum Gasteiger partial charge on any atom is 0.268 e. The summed E-state index contributed by atoms with van der Waals surface area (Å²) in [5.74, 6) is -0.213. The number of quaternary nitrogens is 1. The lowest BCUT2D eigenvalue weighted by Gasteiger charge is -2.29. The summed E-state index contributed by atoms with van der Waals surface area (Å²) in [5, 5.41) is 13.9. The summed E-state index contributed by atoms with van der Waals surface area (Å²) in [6.45, 7) is 4.54. The highest BCUT2D eigenvalue weighted by Gasteiger charge is 2.23. The topological polar surface area (TPSA) is 108 Å². The van der Waals surface area contributed by atoms with Gasteiger partial charge in [0.05, 0.1) is 39.9 Å². The van der Waals surface area contributed by atoms with E-state index in [0.717, 1.165) is 96.3 Å². The summed E-state index contributed by atoms with van der Waals surface area (Å²) in [4.78, 5) is 25.5. The van der Waals surface area contributed by atoms with Crippen LogP contribution in [0.3, 0.4) is 0 Å². The molecule has 0 fully saturated rings. The Kier molecular flexibility index (Phi) is 49.9. The molecule has 9 heteroatoms. The predicted octanol–water partition coefficient (Wildman–Crippen LogP) is 17.0. The molecule has 406 valence electrons. The van der Waals surface area contributed by atoms with Gasteiger partial charge in [0.1, 0.15) is 13.2 Å². The van der Waals surface area contributed by atoms with E-state index in [-0.39, 0.29) is 12.5 Å². The molecule has 3 atom stereocenters. The number of phosphoric ester groups is 1. The molecule has 1 amide bonds. The molecule has 0 bridgehead atoms. The molecular weight excluding hydrogens is 888 g/mol. The predicted molar refractivity (Wildman–Crippen MR) is 302 cm³/mol. The van der Waals surface area contributed by atoms with Crippen molar-refractivity contribution in [3.05, 3.63) is 85.1 Å². The first kappa shape index (κ1) is 67.7. The number of allylic oxidation sites excluding steroid dienone is 13. The molecule has 0 rings (SSSR count). The summed E-state index contributed by atoms with van der Waals surface area (Å²) < 4.78 is 23.4. The van der Waals surface area contributed by atoms with Crippen molar-refractivity contribution in [2.24, 2.45) is 0 Å². The molecule has 0 heterocycles. The number of carbonyl (C=O) groups is 1. The van der Waals surface area contributed by atoms with Crippen LogP contribution < -0.4 is 10.2 Å². The SMILES string of the molecule is CC/C=C\C/C=C\C/C=C\C/C=C\C/C=C\C/C=C\CCCCCCCCC(=O)NC(COP(=O)([O-])OCC[N+](C)(C)C)C(O)/C=C/CCCCCCCCCCCCCCCCCCCCCCC. The van der Waals surface area contributed by atoms with Crippen LogP contribution in [0.4, 0.5) is 0 Å². The van der Waals surface area contributed by atoms with Gasteiger partial charge in [-0.05, 0) is 70.6 Å². The molecule has 0 aliphatic heterocycles. The molecule has 0 aromatic rings. The molecule has 70 heavy (non-hydrogen) atoms. The molecule has 2 N–H and O–H groups in total. The van der Waals surface area contributed by atoms with E-state index in [1.54, 1.807) is 6.08 Å². The Labute approximate surface area is 433 Å². The second kappa shape index (κ2) is 51.6. The van der Waals surface area contributed by atoms with Crippen molar-refractivity contribution < 1.29 is 32.9 Å². The van der Waals surface area contributed by atoms with Gasteiger partial charge in [-0.1, -0.05) is 253 Å². The fraction of sp³-hybridized carbons (Fsp3) is 0.754. The van der Waals surface area contributed by atoms with Gasteiger partial charge in [-0.2, -0.15) is 0 Å². The molecular formula is C61H111N2O6P. The third-order valence-corrected chi connectivity index (χ3v) is 13.6. The Bertz CT molecular complexity index is 1410. The monoisotopic (exact) mass is 999 g/mol. The molecule has 0 saturated heterocycles. The van der Waals surface area contributed by atoms with Gasteiger partial charge in [-0.3, -0.25) is 9.36 Å². The number of unbranched alkanes of at least 4 members (excludes halogenated alkanes) is 27. The van der Waals surface area contributed by atoms with E-state index < -0.39 is 26.6 Å². The number of amides is 1. The summed E-state index contributed by atoms with van der Waals surface area (Å²) in [5.41, 5.74) is 0. The lowest BCUT2D eigenvalue weighted by molar-refractivity contribution is -0.870. The van der Waals surface area contributed by atoms with Gasteiger partial charge in [-0.15, -0.1) is 0 Å². The van der Waals surface area contributed by atoms with Crippen molar-refractivity contribution in [2.45, 2.75) is 257 Å². The van der Waals surface area contributed by atoms with Gasteiger partial charge >= 0.3 is 0 Å². The maximum absolute atomic E-state index is 13.0. The third kappa shape index (κ3) is 53.5. The van der Waals surface area contributed by atoms with Crippen molar-refractivity contribution in [2.75, 3.05) is 40.9 Å². The van der Waals surface area contributed by atoms with Gasteiger partial charge < -0.3 is 28.8 Å². The summed E-state index contributed by atoms with van der Waals surface area (Å²) in [6.07, 6.45) is 72.2. The normalized spacial score (nSPS) is 14.6. The van der Waals surface area contributed by atoms with Gasteiger partial charge in [0.15, 0.2) is 0 Å². The number of nitrogens with zero attached hydrogens (tertiary/aromatic N) is 1. The summed E-state index contributed by atoms with van der Waals surface area (Å²) >= 11 is 0. The molecule has 8 nitrogen and oxygen atoms in total. The Balaban J connectivity index is 4.29. The average molecular weight is 1000 g/mol. The molecule has 0 aromatic heterocycles. The number of likely N-dealkylation sites (N-methyl/N-ethyl adjacent to an activating group) is 1. The molecule has 0 radical (unpaired) electrons. The van der Waals surface area contributed by atoms with E-state index in [1.807, 2.05) is 27.2 Å². The average Bonchev–Trinajstić information content (AvgIpc) is 3.32. The number of hydrogen-bond acceptors (Lipinski definition) is 6. The Morgan fingerprint density at radius 2 is 0.871 bits per heavy atom. The first-order valence-electron chi connectivity index (χ1n) is 28.9. The van der Waals surface area contributed by atoms with Crippen LogP contribution in [0.2, 0.25) is 0 Å². The second-order valence-corrected chi connectivity index (χ2v) is 22.0. The molecule has 0 aromatic carbocycles. The highest BCUT2D eigenvalue weighted by atomic mass is 31.2. The molecule has 0 spiro atoms. The van der Waals surface area contributed by atoms with Crippen LogP contribution in [-0.4, -0.2) is 68.5 Å². The Hall–Kier alpha value is -2.32. The number of nitrogens with one attached hydrogen (secondary N) is 1. The number of aliphatic hydroxyl groups excluding tert-OH is 1. The third-order valence-electron chi connectivity index (χ3n) is 12.6. The second-order valence-electron chi connectivity index (χ2n) is 20.6. The van der Waals surface area contributed by atoms with Gasteiger partial charge in [0, 0.05) is 6.42 Å². The zero-order valence-electron chi connectivity index (χ0n) is 46.2. The van der Waals surface area contributed by atoms with E-state index in [4.69, 9.17) is 9.05 Å². The minimum Gasteiger partial charge on any atom is -0.756 e. The number of hydrogen-bond donors (Lipinski definition) is 2. The van der Waals surface area contributed by atoms with Crippen LogP contribution in [-0.2, 0) is 18.4 Å². The van der Waals surface area contributed by atoms with Crippen LogP contribution in [0.1, 0.15) is 245 Å². The maximum atomic E-state index is 13.0. The molecule has 0 aliphatic rings. The fourth-order valence-corrected chi connectivity index (χ4v) is 8.82. The zero-order chi connectivity index (χ0) is 51.3. The fourth-order valence-electron chi connectivity index (χ4n) is 8.10. The number of carbonyl (C=O) groups excluding carboxylic acids is 1. The van der Waals surface area contributed by atoms with E-state index in [9.17, 15) is 19.4 Å². The first-order valence-corrected chi connectivity index (χ1v) is 30.4. The van der Waals surface area contributed by atoms with Crippen LogP contribution in [0.15, 0.2) is 85.1 Å². The smallest absolute Gasteiger partial charge is 0.268 e. The number of aliphatic hydroxyl groups is 1. The molecule has 0 aliphatic carbocycles. The minimum absolute atomic E-state index is 0.00816. The summed E-state index contributed by atoms with van der Waals surface area (Å²) in [7, 11) is 1.24. The Morgan fingerprint density at radius 1 is 0.514 bits per heavy atom. The van der Waals surface area contributed by atoms with Crippen molar-refractivity contribution in [1.29, 1.82) is 0 Å². The van der Waals surface area contributed by atoms with Crippen LogP contribution in [0.25, 0.3) is 0 Å². The van der Waals surface area contributed by atoms with E-state index in [1.165, 1.54) is 128 Å². The molecule has 0 saturated carbocycles. The lowest BCUT2D eigenvalue weighted by atomic mass is 10.0. The van der Waals surface area contributed by atoms with E-state index in [0.29, 0.717) is 17.4 Å². The molecule has 3 unspecified atom stereocenters. The van der Waals surface area contributed by atoms with Gasteiger partial charge in [0.25, 0.3) is 7.82 Å². The van der Waals surface area contributed by atoms with Crippen LogP contribution in [0.5, 0.6) is 0 Å². The van der Waals surface area contributed by atoms with Crippen molar-refractivity contribution in [3.63, 3.8) is 0 Å². The van der Waals surface area contributed by atoms with Gasteiger partial charge in [-0.25, -0.2) is 0 Å². The highest BCUT2D eigenvalue weighted by molar-refractivity contribution is 7.45. The standard InChI is InChI=1S/C61H111N2O6P/c1-6-8-10-12-14-16-18-20-22-24-26-28-30-31-33-35-37-39-41-43-45-47-49-51-53-55-61(65)62-59(58-69-70(66,67)68-57-56-63(3,4)5)60(64)54-52-50-48-46-44-42-40-38-36-34-32-29-27-25-23-21-19-17-15-13-11-9-7-2/h8,10,14,16,20,22,26,28,31,33,37,39,52,54,59-60,64H,6-7,9,11-13,15,17-19,21,23-25,27,29-30,32,34-36,38,40-51,53,55-58H2,1-5H3,(H-,62,65,66,67)/b10-8-,16-14-,22-20-,28-26-,33-31-,39-37-,54-52+. The van der Waals surface area contributed by atoms with Gasteiger partial charge in [0.2, 0.25) is 5.91 Å². The Morgan fingerprint density at radius 3 is 1.27 bits per heavy atom. The number of rotatable bonds is 52. The first-order chi connectivity index (χ1) is 34.0. The number of phosphoric acid groups is 1. The van der Waals surface area contributed by atoms with Crippen molar-refractivity contribution in [3.8, 4) is 0 Å². The van der Waals surface area contributed by atoms with E-state index >= 15 is 0 Å². The van der Waals surface area contributed by atoms with Crippen LogP contribution in [0, 0.1) is 0 Å². The highest BCUT2D eigenvalue weighted by Crippen LogP contribution is 2.38. The minimum atomic E-state index is -4.61. The lowest BCUT2D eigenvalue weighted by Crippen LogP contribution is -2.45. The van der Waals surface area contributed by atoms with Crippen LogP contribution >= 0.6 is 7.82 Å². The van der Waals surface area contributed by atoms with E-state index in [2.05, 4.69) is 92.1 Å². The van der Waals surface area contributed by atoms with Crippen molar-refractivity contribution >= 4 is 13.7 Å². The van der Waals surface area contributed by atoms with Crippen molar-refractivity contribution in [1.82, 2.24) is 5.32 Å². The zero-order valence-corrected chi connectivity index (χ0v) is 47.1. The largest absolute Gasteiger partial charge is 0.756 e.